The summed E-state index contributed by atoms with van der Waals surface area (Å²) in [7, 11) is 1.33. The van der Waals surface area contributed by atoms with E-state index in [-0.39, 0.29) is 0 Å². The second kappa shape index (κ2) is 6.03. The monoisotopic (exact) mass is 317 g/mol. The lowest BCUT2D eigenvalue weighted by Crippen LogP contribution is -2.13. The standard InChI is InChI=1S/C15H12ClN3O3/c1-21-15(20)11-4-7-13-14(8-11)19(18-17-13)22-9-10-2-5-12(16)6-3-10/h2-8H,9H2,1H3. The molecule has 0 aliphatic carbocycles. The lowest BCUT2D eigenvalue weighted by Gasteiger charge is -2.06. The van der Waals surface area contributed by atoms with Gasteiger partial charge in [0.25, 0.3) is 0 Å². The van der Waals surface area contributed by atoms with Gasteiger partial charge in [0.15, 0.2) is 0 Å². The highest BCUT2D eigenvalue weighted by atomic mass is 35.5. The topological polar surface area (TPSA) is 66.2 Å². The summed E-state index contributed by atoms with van der Waals surface area (Å²) in [6, 6.07) is 12.2. The molecule has 112 valence electrons. The van der Waals surface area contributed by atoms with Crippen LogP contribution in [0.4, 0.5) is 0 Å². The van der Waals surface area contributed by atoms with Crippen molar-refractivity contribution in [3.8, 4) is 0 Å². The third-order valence-corrected chi connectivity index (χ3v) is 3.36. The second-order valence-corrected chi connectivity index (χ2v) is 4.99. The molecule has 0 radical (unpaired) electrons. The van der Waals surface area contributed by atoms with Crippen LogP contribution in [-0.2, 0) is 11.3 Å². The summed E-state index contributed by atoms with van der Waals surface area (Å²) < 4.78 is 4.70. The van der Waals surface area contributed by atoms with Crippen molar-refractivity contribution in [1.82, 2.24) is 15.2 Å². The minimum absolute atomic E-state index is 0.304. The van der Waals surface area contributed by atoms with Gasteiger partial charge in [0.05, 0.1) is 12.7 Å². The molecular weight excluding hydrogens is 306 g/mol. The number of carbonyl (C=O) groups is 1. The predicted molar refractivity (Wildman–Crippen MR) is 80.6 cm³/mol. The molecule has 7 heteroatoms. The molecule has 2 aromatic carbocycles. The second-order valence-electron chi connectivity index (χ2n) is 4.56. The maximum atomic E-state index is 11.6. The SMILES string of the molecule is COC(=O)c1ccc2nnn(OCc3ccc(Cl)cc3)c2c1. The molecule has 0 aliphatic rings. The van der Waals surface area contributed by atoms with Crippen LogP contribution in [0.2, 0.25) is 5.02 Å². The lowest BCUT2D eigenvalue weighted by atomic mass is 10.2. The number of hydrogen-bond acceptors (Lipinski definition) is 5. The number of fused-ring (bicyclic) bond motifs is 1. The molecule has 0 bridgehead atoms. The zero-order valence-corrected chi connectivity index (χ0v) is 12.4. The molecule has 0 N–H and O–H groups in total. The number of halogens is 1. The fraction of sp³-hybridized carbons (Fsp3) is 0.133. The summed E-state index contributed by atoms with van der Waals surface area (Å²) in [5.41, 5.74) is 2.58. The molecule has 22 heavy (non-hydrogen) atoms. The summed E-state index contributed by atoms with van der Waals surface area (Å²) in [6.07, 6.45) is 0. The molecule has 0 saturated carbocycles. The van der Waals surface area contributed by atoms with Gasteiger partial charge in [0, 0.05) is 5.02 Å². The number of carbonyl (C=O) groups excluding carboxylic acids is 1. The van der Waals surface area contributed by atoms with Crippen LogP contribution in [0.15, 0.2) is 42.5 Å². The molecule has 0 fully saturated rings. The highest BCUT2D eigenvalue weighted by Crippen LogP contribution is 2.14. The van der Waals surface area contributed by atoms with Crippen LogP contribution in [-0.4, -0.2) is 28.2 Å². The fourth-order valence-electron chi connectivity index (χ4n) is 1.95. The fourth-order valence-corrected chi connectivity index (χ4v) is 2.08. The van der Waals surface area contributed by atoms with Gasteiger partial charge >= 0.3 is 5.97 Å². The van der Waals surface area contributed by atoms with E-state index in [0.29, 0.717) is 28.2 Å². The molecule has 0 unspecified atom stereocenters. The van der Waals surface area contributed by atoms with Crippen LogP contribution in [0.3, 0.4) is 0 Å². The summed E-state index contributed by atoms with van der Waals surface area (Å²) in [4.78, 5) is 18.5. The van der Waals surface area contributed by atoms with Crippen molar-refractivity contribution in [2.75, 3.05) is 7.11 Å². The predicted octanol–water partition coefficient (Wildman–Crippen LogP) is 2.50. The van der Waals surface area contributed by atoms with Crippen molar-refractivity contribution < 1.29 is 14.4 Å². The smallest absolute Gasteiger partial charge is 0.337 e. The van der Waals surface area contributed by atoms with E-state index in [1.807, 2.05) is 12.1 Å². The van der Waals surface area contributed by atoms with Crippen LogP contribution in [0, 0.1) is 0 Å². The first-order chi connectivity index (χ1) is 10.7. The average Bonchev–Trinajstić information content (AvgIpc) is 2.96. The maximum absolute atomic E-state index is 11.6. The maximum Gasteiger partial charge on any atom is 0.337 e. The Bertz CT molecular complexity index is 815. The van der Waals surface area contributed by atoms with Crippen LogP contribution < -0.4 is 4.84 Å². The Labute approximate surface area is 131 Å². The summed E-state index contributed by atoms with van der Waals surface area (Å²) in [5, 5.41) is 8.57. The van der Waals surface area contributed by atoms with Crippen LogP contribution in [0.1, 0.15) is 15.9 Å². The van der Waals surface area contributed by atoms with E-state index in [1.54, 1.807) is 30.3 Å². The van der Waals surface area contributed by atoms with Gasteiger partial charge in [0.1, 0.15) is 17.6 Å². The third-order valence-electron chi connectivity index (χ3n) is 3.10. The molecule has 0 saturated heterocycles. The first kappa shape index (κ1) is 14.3. The molecule has 6 nitrogen and oxygen atoms in total. The number of hydrogen-bond donors (Lipinski definition) is 0. The number of esters is 1. The van der Waals surface area contributed by atoms with Crippen molar-refractivity contribution in [2.24, 2.45) is 0 Å². The van der Waals surface area contributed by atoms with Crippen molar-refractivity contribution in [3.05, 3.63) is 58.6 Å². The Kier molecular flexibility index (Phi) is 3.93. The van der Waals surface area contributed by atoms with E-state index >= 15 is 0 Å². The largest absolute Gasteiger partial charge is 0.465 e. The van der Waals surface area contributed by atoms with Crippen LogP contribution in [0.5, 0.6) is 0 Å². The van der Waals surface area contributed by atoms with E-state index in [2.05, 4.69) is 10.3 Å². The average molecular weight is 318 g/mol. The minimum Gasteiger partial charge on any atom is -0.465 e. The Morgan fingerprint density at radius 1 is 1.23 bits per heavy atom. The van der Waals surface area contributed by atoms with Gasteiger partial charge in [-0.15, -0.1) is 5.10 Å². The zero-order chi connectivity index (χ0) is 15.5. The number of aromatic nitrogens is 3. The Balaban J connectivity index is 1.84. The van der Waals surface area contributed by atoms with Crippen LogP contribution in [0.25, 0.3) is 11.0 Å². The molecule has 0 amide bonds. The summed E-state index contributed by atoms with van der Waals surface area (Å²) in [6.45, 7) is 0.304. The summed E-state index contributed by atoms with van der Waals surface area (Å²) in [5.74, 6) is -0.424. The normalized spacial score (nSPS) is 10.6. The Morgan fingerprint density at radius 3 is 2.73 bits per heavy atom. The van der Waals surface area contributed by atoms with Gasteiger partial charge in [-0.1, -0.05) is 28.6 Å². The molecule has 0 atom stereocenters. The molecular formula is C15H12ClN3O3. The van der Waals surface area contributed by atoms with E-state index in [4.69, 9.17) is 21.2 Å². The highest BCUT2D eigenvalue weighted by Gasteiger charge is 2.11. The molecule has 0 aliphatic heterocycles. The lowest BCUT2D eigenvalue weighted by molar-refractivity contribution is 0.0600. The van der Waals surface area contributed by atoms with Crippen molar-refractivity contribution in [1.29, 1.82) is 0 Å². The number of methoxy groups -OCH3 is 1. The van der Waals surface area contributed by atoms with E-state index in [1.165, 1.54) is 12.0 Å². The zero-order valence-electron chi connectivity index (χ0n) is 11.7. The van der Waals surface area contributed by atoms with Gasteiger partial charge < -0.3 is 9.57 Å². The van der Waals surface area contributed by atoms with Gasteiger partial charge in [-0.3, -0.25) is 0 Å². The van der Waals surface area contributed by atoms with Gasteiger partial charge in [-0.05, 0) is 41.1 Å². The molecule has 3 rings (SSSR count). The van der Waals surface area contributed by atoms with E-state index < -0.39 is 5.97 Å². The Morgan fingerprint density at radius 2 is 2.00 bits per heavy atom. The molecule has 1 heterocycles. The third kappa shape index (κ3) is 2.87. The number of nitrogens with zero attached hydrogens (tertiary/aromatic N) is 3. The highest BCUT2D eigenvalue weighted by molar-refractivity contribution is 6.30. The molecule has 1 aromatic heterocycles. The van der Waals surface area contributed by atoms with Gasteiger partial charge in [-0.25, -0.2) is 4.79 Å². The number of ether oxygens (including phenoxy) is 1. The van der Waals surface area contributed by atoms with Gasteiger partial charge in [-0.2, -0.15) is 0 Å². The van der Waals surface area contributed by atoms with Gasteiger partial charge in [0.2, 0.25) is 0 Å². The molecule has 3 aromatic rings. The van der Waals surface area contributed by atoms with E-state index in [9.17, 15) is 4.79 Å². The van der Waals surface area contributed by atoms with Crippen LogP contribution >= 0.6 is 11.6 Å². The minimum atomic E-state index is -0.424. The van der Waals surface area contributed by atoms with Crippen molar-refractivity contribution in [2.45, 2.75) is 6.61 Å². The molecule has 0 spiro atoms. The van der Waals surface area contributed by atoms with Crippen molar-refractivity contribution in [3.63, 3.8) is 0 Å². The number of benzene rings is 2. The van der Waals surface area contributed by atoms with Crippen molar-refractivity contribution >= 4 is 28.6 Å². The quantitative estimate of drug-likeness (QED) is 0.692. The first-order valence-electron chi connectivity index (χ1n) is 6.49. The Hall–Kier alpha value is -2.60. The summed E-state index contributed by atoms with van der Waals surface area (Å²) >= 11 is 5.84. The number of rotatable bonds is 4. The first-order valence-corrected chi connectivity index (χ1v) is 6.86. The van der Waals surface area contributed by atoms with E-state index in [0.717, 1.165) is 5.56 Å².